The van der Waals surface area contributed by atoms with E-state index in [4.69, 9.17) is 18.6 Å². The van der Waals surface area contributed by atoms with E-state index in [0.29, 0.717) is 11.3 Å². The Morgan fingerprint density at radius 2 is 1.62 bits per heavy atom. The van der Waals surface area contributed by atoms with Crippen molar-refractivity contribution in [2.45, 2.75) is 19.7 Å². The fourth-order valence-corrected chi connectivity index (χ4v) is 4.36. The molecule has 0 aliphatic heterocycles. The monoisotopic (exact) mass is 377 g/mol. The van der Waals surface area contributed by atoms with Crippen LogP contribution in [-0.2, 0) is 11.0 Å². The molecule has 0 spiro atoms. The fourth-order valence-electron chi connectivity index (χ4n) is 2.68. The number of hydrogen-bond acceptors (Lipinski definition) is 6. The van der Waals surface area contributed by atoms with Gasteiger partial charge in [0.1, 0.15) is 0 Å². The number of benzene rings is 2. The second kappa shape index (κ2) is 8.20. The lowest BCUT2D eigenvalue weighted by molar-refractivity contribution is -0.386. The van der Waals surface area contributed by atoms with Gasteiger partial charge in [-0.25, -0.2) is 0 Å². The molecule has 0 saturated carbocycles. The normalized spacial score (nSPS) is 11.1. The number of methoxy groups -OCH3 is 3. The zero-order chi connectivity index (χ0) is 19.3. The van der Waals surface area contributed by atoms with Gasteiger partial charge in [0, 0.05) is 0 Å². The summed E-state index contributed by atoms with van der Waals surface area (Å²) in [6, 6.07) is 11.4. The van der Waals surface area contributed by atoms with Crippen LogP contribution in [0.1, 0.15) is 5.56 Å². The molecule has 0 radical (unpaired) electrons. The average molecular weight is 377 g/mol. The van der Waals surface area contributed by atoms with Gasteiger partial charge >= 0.3 is 5.69 Å². The van der Waals surface area contributed by atoms with Crippen molar-refractivity contribution in [3.63, 3.8) is 0 Å². The van der Waals surface area contributed by atoms with Crippen LogP contribution in [0.5, 0.6) is 17.2 Å². The summed E-state index contributed by atoms with van der Waals surface area (Å²) in [5.74, 6) is 0.562. The number of nitro benzene ring substituents is 1. The Balaban J connectivity index is 2.44. The van der Waals surface area contributed by atoms with Crippen molar-refractivity contribution >= 4 is 19.2 Å². The number of nitrogens with zero attached hydrogens (tertiary/aromatic N) is 1. The van der Waals surface area contributed by atoms with Crippen molar-refractivity contribution < 1.29 is 23.6 Å². The van der Waals surface area contributed by atoms with Crippen molar-refractivity contribution in [3.8, 4) is 17.2 Å². The van der Waals surface area contributed by atoms with Crippen LogP contribution in [0.4, 0.5) is 5.69 Å². The van der Waals surface area contributed by atoms with Gasteiger partial charge in [0.2, 0.25) is 19.8 Å². The summed E-state index contributed by atoms with van der Waals surface area (Å²) in [6.45, 7) is 4.17. The van der Waals surface area contributed by atoms with Crippen molar-refractivity contribution in [3.05, 3.63) is 52.1 Å². The van der Waals surface area contributed by atoms with Gasteiger partial charge in [0.05, 0.1) is 38.4 Å². The Labute approximate surface area is 153 Å². The molecule has 2 rings (SSSR count). The van der Waals surface area contributed by atoms with Crippen LogP contribution < -0.4 is 19.4 Å². The minimum atomic E-state index is -2.23. The molecule has 0 aromatic heterocycles. The third-order valence-electron chi connectivity index (χ3n) is 4.12. The number of rotatable bonds is 8. The molecular weight excluding hydrogens is 354 g/mol. The molecule has 0 heterocycles. The Morgan fingerprint density at radius 3 is 2.12 bits per heavy atom. The highest BCUT2D eigenvalue weighted by atomic mass is 28.4. The van der Waals surface area contributed by atoms with E-state index in [1.54, 1.807) is 6.07 Å². The van der Waals surface area contributed by atoms with Crippen molar-refractivity contribution in [1.29, 1.82) is 0 Å². The minimum absolute atomic E-state index is 0.0228. The van der Waals surface area contributed by atoms with E-state index in [2.05, 4.69) is 0 Å². The van der Waals surface area contributed by atoms with E-state index < -0.39 is 13.2 Å². The van der Waals surface area contributed by atoms with Gasteiger partial charge in [-0.2, -0.15) is 0 Å². The van der Waals surface area contributed by atoms with E-state index in [1.165, 1.54) is 21.3 Å². The molecule has 0 aliphatic carbocycles. The van der Waals surface area contributed by atoms with Crippen LogP contribution in [0.25, 0.3) is 0 Å². The van der Waals surface area contributed by atoms with Crippen molar-refractivity contribution in [1.82, 2.24) is 0 Å². The first kappa shape index (κ1) is 19.7. The molecule has 0 unspecified atom stereocenters. The molecule has 140 valence electrons. The predicted octanol–water partition coefficient (Wildman–Crippen LogP) is 3.25. The van der Waals surface area contributed by atoms with Gasteiger partial charge in [0.15, 0.2) is 5.75 Å². The lowest BCUT2D eigenvalue weighted by atomic mass is 10.1. The Morgan fingerprint density at radius 1 is 1.00 bits per heavy atom. The van der Waals surface area contributed by atoms with Crippen LogP contribution in [0.2, 0.25) is 13.1 Å². The molecule has 2 aromatic rings. The molecule has 8 heteroatoms. The smallest absolute Gasteiger partial charge is 0.320 e. The summed E-state index contributed by atoms with van der Waals surface area (Å²) in [5.41, 5.74) is 0.198. The summed E-state index contributed by atoms with van der Waals surface area (Å²) in [5, 5.41) is 12.8. The highest BCUT2D eigenvalue weighted by Crippen LogP contribution is 2.46. The molecule has 2 aromatic carbocycles. The quantitative estimate of drug-likeness (QED) is 0.399. The predicted molar refractivity (Wildman–Crippen MR) is 101 cm³/mol. The van der Waals surface area contributed by atoms with Crippen LogP contribution >= 0.6 is 0 Å². The maximum atomic E-state index is 11.6. The van der Waals surface area contributed by atoms with Gasteiger partial charge in [-0.1, -0.05) is 30.3 Å². The van der Waals surface area contributed by atoms with Gasteiger partial charge in [-0.3, -0.25) is 10.1 Å². The van der Waals surface area contributed by atoms with Gasteiger partial charge in [-0.05, 0) is 24.3 Å². The molecule has 0 N–H and O–H groups in total. The third kappa shape index (κ3) is 3.97. The number of nitro groups is 1. The average Bonchev–Trinajstić information content (AvgIpc) is 2.65. The molecule has 7 nitrogen and oxygen atoms in total. The zero-order valence-electron chi connectivity index (χ0n) is 15.6. The first-order valence-electron chi connectivity index (χ1n) is 8.01. The lowest BCUT2D eigenvalue weighted by Gasteiger charge is -2.24. The molecule has 0 bridgehead atoms. The molecule has 0 fully saturated rings. The fraction of sp³-hybridized carbons (Fsp3) is 0.333. The second-order valence-corrected chi connectivity index (χ2v) is 9.96. The molecule has 0 amide bonds. The molecular formula is C18H23NO6Si. The summed E-state index contributed by atoms with van der Waals surface area (Å²) < 4.78 is 21.9. The Hall–Kier alpha value is -2.58. The molecule has 0 saturated heterocycles. The van der Waals surface area contributed by atoms with E-state index in [-0.39, 0.29) is 23.8 Å². The first-order valence-corrected chi connectivity index (χ1v) is 10.9. The van der Waals surface area contributed by atoms with Crippen molar-refractivity contribution in [2.24, 2.45) is 0 Å². The topological polar surface area (TPSA) is 80.1 Å². The summed E-state index contributed by atoms with van der Waals surface area (Å²) in [4.78, 5) is 11.2. The van der Waals surface area contributed by atoms with Gasteiger partial charge < -0.3 is 18.6 Å². The standard InChI is InChI=1S/C18H23NO6Si/c1-22-15-11-13(16(19(20)21)18(24-3)17(15)23-2)12-25-26(4,5)14-9-7-6-8-10-14/h6-11H,12H2,1-5H3. The number of hydrogen-bond donors (Lipinski definition) is 0. The number of ether oxygens (including phenoxy) is 3. The second-order valence-electron chi connectivity index (χ2n) is 6.08. The summed E-state index contributed by atoms with van der Waals surface area (Å²) >= 11 is 0. The van der Waals surface area contributed by atoms with Crippen molar-refractivity contribution in [2.75, 3.05) is 21.3 Å². The first-order chi connectivity index (χ1) is 12.4. The summed E-state index contributed by atoms with van der Waals surface area (Å²) in [7, 11) is 2.00. The zero-order valence-corrected chi connectivity index (χ0v) is 16.6. The SMILES string of the molecule is COc1cc(CO[Si](C)(C)c2ccccc2)c([N+](=O)[O-])c(OC)c1OC. The lowest BCUT2D eigenvalue weighted by Crippen LogP contribution is -2.44. The molecule has 26 heavy (non-hydrogen) atoms. The van der Waals surface area contributed by atoms with E-state index in [1.807, 2.05) is 43.4 Å². The molecule has 0 aliphatic rings. The summed E-state index contributed by atoms with van der Waals surface area (Å²) in [6.07, 6.45) is 0. The van der Waals surface area contributed by atoms with E-state index in [9.17, 15) is 10.1 Å². The molecule has 0 atom stereocenters. The van der Waals surface area contributed by atoms with Crippen LogP contribution in [-0.4, -0.2) is 34.6 Å². The van der Waals surface area contributed by atoms with Gasteiger partial charge in [0.25, 0.3) is 0 Å². The van der Waals surface area contributed by atoms with E-state index >= 15 is 0 Å². The Bertz CT molecular complexity index is 779. The maximum absolute atomic E-state index is 11.6. The maximum Gasteiger partial charge on any atom is 0.320 e. The largest absolute Gasteiger partial charge is 0.493 e. The van der Waals surface area contributed by atoms with Crippen LogP contribution in [0.15, 0.2) is 36.4 Å². The third-order valence-corrected chi connectivity index (χ3v) is 6.71. The highest BCUT2D eigenvalue weighted by molar-refractivity contribution is 6.84. The highest BCUT2D eigenvalue weighted by Gasteiger charge is 2.31. The Kier molecular flexibility index (Phi) is 6.22. The minimum Gasteiger partial charge on any atom is -0.493 e. The van der Waals surface area contributed by atoms with E-state index in [0.717, 1.165) is 5.19 Å². The van der Waals surface area contributed by atoms with Crippen LogP contribution in [0.3, 0.4) is 0 Å². The van der Waals surface area contributed by atoms with Gasteiger partial charge in [-0.15, -0.1) is 0 Å². The van der Waals surface area contributed by atoms with Crippen LogP contribution in [0, 0.1) is 10.1 Å².